The minimum Gasteiger partial charge on any atom is -0.497 e. The third-order valence-electron chi connectivity index (χ3n) is 2.97. The number of nitrogens with one attached hydrogen (secondary N) is 1. The van der Waals surface area contributed by atoms with Crippen LogP contribution in [0, 0.1) is 6.92 Å². The lowest BCUT2D eigenvalue weighted by molar-refractivity contribution is 0.414. The molecule has 0 spiro atoms. The number of aromatic amines is 1. The molecule has 3 aromatic rings. The van der Waals surface area contributed by atoms with E-state index in [2.05, 4.69) is 20.2 Å². The summed E-state index contributed by atoms with van der Waals surface area (Å²) in [5.41, 5.74) is 3.43. The lowest BCUT2D eigenvalue weighted by Crippen LogP contribution is -1.93. The van der Waals surface area contributed by atoms with Crippen molar-refractivity contribution < 1.29 is 4.74 Å². The van der Waals surface area contributed by atoms with Gasteiger partial charge >= 0.3 is 0 Å². The summed E-state index contributed by atoms with van der Waals surface area (Å²) in [6.07, 6.45) is 1.70. The number of rotatable bonds is 2. The van der Waals surface area contributed by atoms with Crippen molar-refractivity contribution in [3.63, 3.8) is 0 Å². The van der Waals surface area contributed by atoms with Gasteiger partial charge in [-0.15, -0.1) is 0 Å². The number of fused-ring (bicyclic) bond motifs is 1. The number of methoxy groups -OCH3 is 1. The quantitative estimate of drug-likeness (QED) is 0.730. The Labute approximate surface area is 114 Å². The fraction of sp³-hybridized carbons (Fsp3) is 0.154. The molecule has 1 N–H and O–H groups in total. The summed E-state index contributed by atoms with van der Waals surface area (Å²) in [6, 6.07) is 5.81. The van der Waals surface area contributed by atoms with E-state index >= 15 is 0 Å². The first-order valence-electron chi connectivity index (χ1n) is 5.70. The molecular formula is C13H11ClN4O. The first kappa shape index (κ1) is 11.9. The second-order valence-electron chi connectivity index (χ2n) is 4.15. The molecular weight excluding hydrogens is 264 g/mol. The van der Waals surface area contributed by atoms with Gasteiger partial charge in [0.1, 0.15) is 5.75 Å². The standard InChI is InChI=1S/C13H11ClN4O/c1-7-5-8(19-2)3-4-9(7)11-10-6-15-18-12(10)17-13(14)16-11/h3-6H,1-2H3,(H,15,16,17,18). The normalized spacial score (nSPS) is 10.9. The molecule has 0 unspecified atom stereocenters. The summed E-state index contributed by atoms with van der Waals surface area (Å²) >= 11 is 5.95. The number of aryl methyl sites for hydroxylation is 1. The minimum absolute atomic E-state index is 0.196. The number of hydrogen-bond donors (Lipinski definition) is 1. The number of aromatic nitrogens is 4. The highest BCUT2D eigenvalue weighted by atomic mass is 35.5. The van der Waals surface area contributed by atoms with Gasteiger partial charge in [-0.2, -0.15) is 10.1 Å². The average Bonchev–Trinajstić information content (AvgIpc) is 2.85. The van der Waals surface area contributed by atoms with Crippen LogP contribution in [0.1, 0.15) is 5.56 Å². The molecule has 0 aliphatic heterocycles. The maximum Gasteiger partial charge on any atom is 0.224 e. The van der Waals surface area contributed by atoms with Gasteiger partial charge in [0.2, 0.25) is 5.28 Å². The zero-order valence-corrected chi connectivity index (χ0v) is 11.2. The van der Waals surface area contributed by atoms with Crippen molar-refractivity contribution >= 4 is 22.6 Å². The summed E-state index contributed by atoms with van der Waals surface area (Å²) in [7, 11) is 1.64. The number of hydrogen-bond acceptors (Lipinski definition) is 4. The van der Waals surface area contributed by atoms with Gasteiger partial charge in [-0.1, -0.05) is 0 Å². The highest BCUT2D eigenvalue weighted by Gasteiger charge is 2.12. The molecule has 96 valence electrons. The smallest absolute Gasteiger partial charge is 0.224 e. The van der Waals surface area contributed by atoms with Crippen LogP contribution in [-0.2, 0) is 0 Å². The molecule has 0 bridgehead atoms. The SMILES string of the molecule is COc1ccc(-c2nc(Cl)nc3[nH]ncc23)c(C)c1. The van der Waals surface area contributed by atoms with Gasteiger partial charge in [-0.25, -0.2) is 4.98 Å². The van der Waals surface area contributed by atoms with E-state index in [1.165, 1.54) is 0 Å². The zero-order chi connectivity index (χ0) is 13.4. The van der Waals surface area contributed by atoms with Crippen LogP contribution in [-0.4, -0.2) is 27.3 Å². The van der Waals surface area contributed by atoms with Crippen molar-refractivity contribution in [1.82, 2.24) is 20.2 Å². The Balaban J connectivity index is 2.26. The number of H-pyrrole nitrogens is 1. The van der Waals surface area contributed by atoms with Crippen LogP contribution in [0.2, 0.25) is 5.28 Å². The van der Waals surface area contributed by atoms with E-state index in [0.717, 1.165) is 28.0 Å². The van der Waals surface area contributed by atoms with Gasteiger partial charge in [0.05, 0.1) is 24.4 Å². The van der Waals surface area contributed by atoms with Crippen LogP contribution >= 0.6 is 11.6 Å². The van der Waals surface area contributed by atoms with Crippen molar-refractivity contribution in [2.24, 2.45) is 0 Å². The van der Waals surface area contributed by atoms with Gasteiger partial charge in [-0.05, 0) is 42.3 Å². The Morgan fingerprint density at radius 3 is 2.84 bits per heavy atom. The monoisotopic (exact) mass is 274 g/mol. The Morgan fingerprint density at radius 1 is 1.26 bits per heavy atom. The summed E-state index contributed by atoms with van der Waals surface area (Å²) in [5, 5.41) is 7.82. The minimum atomic E-state index is 0.196. The van der Waals surface area contributed by atoms with Crippen LogP contribution in [0.4, 0.5) is 0 Å². The molecule has 0 aliphatic rings. The maximum atomic E-state index is 5.95. The molecule has 0 atom stereocenters. The molecule has 0 saturated heterocycles. The van der Waals surface area contributed by atoms with Gasteiger partial charge in [0.25, 0.3) is 0 Å². The molecule has 0 amide bonds. The average molecular weight is 275 g/mol. The molecule has 0 aliphatic carbocycles. The predicted octanol–water partition coefficient (Wildman–Crippen LogP) is 2.99. The van der Waals surface area contributed by atoms with Crippen molar-refractivity contribution in [1.29, 1.82) is 0 Å². The van der Waals surface area contributed by atoms with E-state index in [4.69, 9.17) is 16.3 Å². The van der Waals surface area contributed by atoms with E-state index in [9.17, 15) is 0 Å². The molecule has 19 heavy (non-hydrogen) atoms. The van der Waals surface area contributed by atoms with Crippen molar-refractivity contribution in [2.75, 3.05) is 7.11 Å². The van der Waals surface area contributed by atoms with Crippen LogP contribution in [0.3, 0.4) is 0 Å². The highest BCUT2D eigenvalue weighted by Crippen LogP contribution is 2.30. The Morgan fingerprint density at radius 2 is 2.11 bits per heavy atom. The molecule has 2 aromatic heterocycles. The predicted molar refractivity (Wildman–Crippen MR) is 73.4 cm³/mol. The number of halogens is 1. The summed E-state index contributed by atoms with van der Waals surface area (Å²) in [6.45, 7) is 2.00. The zero-order valence-electron chi connectivity index (χ0n) is 10.4. The maximum absolute atomic E-state index is 5.95. The summed E-state index contributed by atoms with van der Waals surface area (Å²) in [4.78, 5) is 8.41. The lowest BCUT2D eigenvalue weighted by Gasteiger charge is -2.08. The van der Waals surface area contributed by atoms with Crippen LogP contribution < -0.4 is 4.74 Å². The highest BCUT2D eigenvalue weighted by molar-refractivity contribution is 6.28. The van der Waals surface area contributed by atoms with Gasteiger partial charge in [0.15, 0.2) is 5.65 Å². The summed E-state index contributed by atoms with van der Waals surface area (Å²) in [5.74, 6) is 0.810. The molecule has 3 rings (SSSR count). The Bertz CT molecular complexity index is 753. The first-order chi connectivity index (χ1) is 9.19. The van der Waals surface area contributed by atoms with E-state index in [1.807, 2.05) is 25.1 Å². The molecule has 6 heteroatoms. The van der Waals surface area contributed by atoms with Crippen molar-refractivity contribution in [3.8, 4) is 17.0 Å². The van der Waals surface area contributed by atoms with E-state index < -0.39 is 0 Å². The summed E-state index contributed by atoms with van der Waals surface area (Å²) < 4.78 is 5.20. The van der Waals surface area contributed by atoms with Crippen molar-refractivity contribution in [3.05, 3.63) is 35.2 Å². The van der Waals surface area contributed by atoms with Crippen molar-refractivity contribution in [2.45, 2.75) is 6.92 Å². The Hall–Kier alpha value is -2.14. The van der Waals surface area contributed by atoms with E-state index in [0.29, 0.717) is 5.65 Å². The van der Waals surface area contributed by atoms with Gasteiger partial charge in [0, 0.05) is 5.56 Å². The third-order valence-corrected chi connectivity index (χ3v) is 3.14. The first-order valence-corrected chi connectivity index (χ1v) is 6.08. The third kappa shape index (κ3) is 2.02. The molecule has 0 radical (unpaired) electrons. The topological polar surface area (TPSA) is 63.7 Å². The number of benzene rings is 1. The largest absolute Gasteiger partial charge is 0.497 e. The number of nitrogens with zero attached hydrogens (tertiary/aromatic N) is 3. The number of ether oxygens (including phenoxy) is 1. The van der Waals surface area contributed by atoms with Crippen LogP contribution in [0.5, 0.6) is 5.75 Å². The molecule has 0 saturated carbocycles. The van der Waals surface area contributed by atoms with Gasteiger partial charge in [-0.3, -0.25) is 5.10 Å². The van der Waals surface area contributed by atoms with E-state index in [-0.39, 0.29) is 5.28 Å². The molecule has 0 fully saturated rings. The fourth-order valence-electron chi connectivity index (χ4n) is 2.04. The lowest BCUT2D eigenvalue weighted by atomic mass is 10.0. The fourth-order valence-corrected chi connectivity index (χ4v) is 2.21. The molecule has 1 aromatic carbocycles. The Kier molecular flexibility index (Phi) is 2.83. The molecule has 2 heterocycles. The van der Waals surface area contributed by atoms with E-state index in [1.54, 1.807) is 13.3 Å². The van der Waals surface area contributed by atoms with Crippen LogP contribution in [0.25, 0.3) is 22.3 Å². The second kappa shape index (κ2) is 4.51. The van der Waals surface area contributed by atoms with Gasteiger partial charge < -0.3 is 4.74 Å². The second-order valence-corrected chi connectivity index (χ2v) is 4.49. The molecule has 5 nitrogen and oxygen atoms in total. The van der Waals surface area contributed by atoms with Crippen LogP contribution in [0.15, 0.2) is 24.4 Å².